The first-order chi connectivity index (χ1) is 7.72. The number of aromatic nitrogens is 5. The van der Waals surface area contributed by atoms with E-state index in [-0.39, 0.29) is 5.56 Å². The number of carboxylic acid groups (broad SMARTS) is 1. The van der Waals surface area contributed by atoms with Crippen LogP contribution in [0.25, 0.3) is 5.69 Å². The summed E-state index contributed by atoms with van der Waals surface area (Å²) in [5.74, 6) is -0.371. The van der Waals surface area contributed by atoms with Crippen molar-refractivity contribution in [2.75, 3.05) is 0 Å². The summed E-state index contributed by atoms with van der Waals surface area (Å²) in [5.41, 5.74) is 0.650. The normalized spacial score (nSPS) is 10.3. The molecule has 0 aromatic carbocycles. The second-order valence-electron chi connectivity index (χ2n) is 3.10. The van der Waals surface area contributed by atoms with E-state index >= 15 is 0 Å². The van der Waals surface area contributed by atoms with Gasteiger partial charge in [-0.15, -0.1) is 5.10 Å². The summed E-state index contributed by atoms with van der Waals surface area (Å²) in [6.45, 7) is 1.91. The molecule has 0 unspecified atom stereocenters. The van der Waals surface area contributed by atoms with Gasteiger partial charge in [0.1, 0.15) is 0 Å². The number of pyridine rings is 1. The Balaban J connectivity index is 2.48. The molecule has 0 radical (unpaired) electrons. The highest BCUT2D eigenvalue weighted by Gasteiger charge is 2.09. The number of hydrogen-bond acceptors (Lipinski definition) is 5. The maximum atomic E-state index is 10.8. The van der Waals surface area contributed by atoms with Crippen molar-refractivity contribution in [3.63, 3.8) is 0 Å². The third kappa shape index (κ3) is 1.74. The van der Waals surface area contributed by atoms with Crippen LogP contribution in [0.15, 0.2) is 18.5 Å². The van der Waals surface area contributed by atoms with Crippen LogP contribution < -0.4 is 0 Å². The van der Waals surface area contributed by atoms with Crippen molar-refractivity contribution in [1.29, 1.82) is 0 Å². The molecule has 82 valence electrons. The molecule has 0 aliphatic rings. The van der Waals surface area contributed by atoms with E-state index in [4.69, 9.17) is 5.11 Å². The summed E-state index contributed by atoms with van der Waals surface area (Å²) in [5, 5.41) is 20.0. The molecule has 1 N–H and O–H groups in total. The predicted octanol–water partition coefficient (Wildman–Crippen LogP) is 0.318. The lowest BCUT2D eigenvalue weighted by atomic mass is 10.2. The highest BCUT2D eigenvalue weighted by Crippen LogP contribution is 2.09. The smallest absolute Gasteiger partial charge is 0.337 e. The Labute approximate surface area is 90.7 Å². The molecule has 0 aliphatic heterocycles. The van der Waals surface area contributed by atoms with Gasteiger partial charge in [-0.25, -0.2) is 4.79 Å². The monoisotopic (exact) mass is 219 g/mol. The van der Waals surface area contributed by atoms with Gasteiger partial charge in [0.25, 0.3) is 0 Å². The molecule has 0 saturated heterocycles. The van der Waals surface area contributed by atoms with E-state index in [1.165, 1.54) is 23.1 Å². The zero-order valence-corrected chi connectivity index (χ0v) is 8.53. The summed E-state index contributed by atoms with van der Waals surface area (Å²) in [6.07, 6.45) is 3.45. The van der Waals surface area contributed by atoms with E-state index in [1.54, 1.807) is 0 Å². The van der Waals surface area contributed by atoms with E-state index in [9.17, 15) is 4.79 Å². The van der Waals surface area contributed by atoms with Crippen LogP contribution in [0.1, 0.15) is 23.1 Å². The molecule has 2 rings (SSSR count). The van der Waals surface area contributed by atoms with Crippen molar-refractivity contribution in [3.8, 4) is 5.69 Å². The summed E-state index contributed by atoms with van der Waals surface area (Å²) < 4.78 is 1.47. The number of nitrogens with zero attached hydrogens (tertiary/aromatic N) is 5. The van der Waals surface area contributed by atoms with E-state index in [0.717, 1.165) is 0 Å². The number of aromatic carboxylic acids is 1. The third-order valence-corrected chi connectivity index (χ3v) is 2.07. The highest BCUT2D eigenvalue weighted by molar-refractivity contribution is 5.87. The molecular weight excluding hydrogens is 210 g/mol. The second kappa shape index (κ2) is 4.05. The first-order valence-electron chi connectivity index (χ1n) is 4.68. The average Bonchev–Trinajstić information content (AvgIpc) is 2.77. The van der Waals surface area contributed by atoms with Gasteiger partial charge in [0.15, 0.2) is 5.82 Å². The van der Waals surface area contributed by atoms with Gasteiger partial charge in [0, 0.05) is 12.6 Å². The summed E-state index contributed by atoms with van der Waals surface area (Å²) in [7, 11) is 0. The summed E-state index contributed by atoms with van der Waals surface area (Å²) >= 11 is 0. The second-order valence-corrected chi connectivity index (χ2v) is 3.10. The molecule has 16 heavy (non-hydrogen) atoms. The van der Waals surface area contributed by atoms with E-state index < -0.39 is 5.97 Å². The first-order valence-corrected chi connectivity index (χ1v) is 4.68. The largest absolute Gasteiger partial charge is 0.478 e. The Morgan fingerprint density at radius 1 is 1.50 bits per heavy atom. The number of aryl methyl sites for hydroxylation is 1. The van der Waals surface area contributed by atoms with E-state index in [0.29, 0.717) is 17.9 Å². The lowest BCUT2D eigenvalue weighted by molar-refractivity contribution is 0.0696. The first kappa shape index (κ1) is 10.2. The van der Waals surface area contributed by atoms with Crippen molar-refractivity contribution < 1.29 is 9.90 Å². The van der Waals surface area contributed by atoms with Gasteiger partial charge < -0.3 is 5.11 Å². The fourth-order valence-corrected chi connectivity index (χ4v) is 1.29. The predicted molar refractivity (Wildman–Crippen MR) is 53.3 cm³/mol. The molecule has 0 fully saturated rings. The van der Waals surface area contributed by atoms with Gasteiger partial charge in [-0.3, -0.25) is 4.98 Å². The summed E-state index contributed by atoms with van der Waals surface area (Å²) in [4.78, 5) is 14.6. The van der Waals surface area contributed by atoms with Gasteiger partial charge in [-0.2, -0.15) is 4.68 Å². The summed E-state index contributed by atoms with van der Waals surface area (Å²) in [6, 6.07) is 1.48. The van der Waals surface area contributed by atoms with Gasteiger partial charge in [-0.1, -0.05) is 6.92 Å². The Bertz CT molecular complexity index is 522. The molecule has 7 heteroatoms. The topological polar surface area (TPSA) is 93.8 Å². The quantitative estimate of drug-likeness (QED) is 0.798. The van der Waals surface area contributed by atoms with Crippen molar-refractivity contribution in [2.24, 2.45) is 0 Å². The molecule has 7 nitrogen and oxygen atoms in total. The fraction of sp³-hybridized carbons (Fsp3) is 0.222. The Morgan fingerprint density at radius 3 is 3.00 bits per heavy atom. The molecule has 2 aromatic rings. The molecule has 0 atom stereocenters. The number of rotatable bonds is 3. The number of carboxylic acids is 1. The molecule has 0 spiro atoms. The minimum Gasteiger partial charge on any atom is -0.478 e. The maximum Gasteiger partial charge on any atom is 0.337 e. The van der Waals surface area contributed by atoms with E-state index in [1.807, 2.05) is 6.92 Å². The van der Waals surface area contributed by atoms with Crippen LogP contribution in [0.2, 0.25) is 0 Å². The molecule has 0 saturated carbocycles. The minimum absolute atomic E-state index is 0.107. The SMILES string of the molecule is CCc1nnnn1-c1cncc(C(=O)O)c1. The number of hydrogen-bond donors (Lipinski definition) is 1. The Kier molecular flexibility index (Phi) is 2.59. The lowest BCUT2D eigenvalue weighted by Crippen LogP contribution is -2.05. The van der Waals surface area contributed by atoms with Crippen LogP contribution in [0.4, 0.5) is 0 Å². The molecule has 0 amide bonds. The zero-order valence-electron chi connectivity index (χ0n) is 8.53. The molecule has 2 heterocycles. The maximum absolute atomic E-state index is 10.8. The molecule has 0 bridgehead atoms. The van der Waals surface area contributed by atoms with Crippen LogP contribution in [-0.2, 0) is 6.42 Å². The number of carbonyl (C=O) groups is 1. The third-order valence-electron chi connectivity index (χ3n) is 2.07. The van der Waals surface area contributed by atoms with Gasteiger partial charge in [0.05, 0.1) is 17.4 Å². The van der Waals surface area contributed by atoms with Crippen LogP contribution in [0.5, 0.6) is 0 Å². The molecule has 2 aromatic heterocycles. The standard InChI is InChI=1S/C9H9N5O2/c1-2-8-11-12-13-14(8)7-3-6(9(15)16)4-10-5-7/h3-5H,2H2,1H3,(H,15,16). The molecular formula is C9H9N5O2. The van der Waals surface area contributed by atoms with Crippen LogP contribution in [0, 0.1) is 0 Å². The van der Waals surface area contributed by atoms with Gasteiger partial charge >= 0.3 is 5.97 Å². The van der Waals surface area contributed by atoms with Crippen molar-refractivity contribution in [3.05, 3.63) is 29.8 Å². The van der Waals surface area contributed by atoms with Crippen LogP contribution in [0.3, 0.4) is 0 Å². The highest BCUT2D eigenvalue weighted by atomic mass is 16.4. The van der Waals surface area contributed by atoms with Crippen LogP contribution in [-0.4, -0.2) is 36.3 Å². The number of tetrazole rings is 1. The fourth-order valence-electron chi connectivity index (χ4n) is 1.29. The van der Waals surface area contributed by atoms with Gasteiger partial charge in [-0.05, 0) is 16.5 Å². The van der Waals surface area contributed by atoms with Gasteiger partial charge in [0.2, 0.25) is 0 Å². The average molecular weight is 219 g/mol. The molecule has 0 aliphatic carbocycles. The van der Waals surface area contributed by atoms with E-state index in [2.05, 4.69) is 20.5 Å². The van der Waals surface area contributed by atoms with Crippen molar-refractivity contribution in [1.82, 2.24) is 25.2 Å². The van der Waals surface area contributed by atoms with Crippen LogP contribution >= 0.6 is 0 Å². The Hall–Kier alpha value is -2.31. The van der Waals surface area contributed by atoms with Crippen molar-refractivity contribution >= 4 is 5.97 Å². The van der Waals surface area contributed by atoms with Crippen molar-refractivity contribution in [2.45, 2.75) is 13.3 Å². The Morgan fingerprint density at radius 2 is 2.31 bits per heavy atom. The minimum atomic E-state index is -1.03. The zero-order chi connectivity index (χ0) is 11.5. The lowest BCUT2D eigenvalue weighted by Gasteiger charge is -2.02.